The fraction of sp³-hybridized carbons (Fsp3) is 0.562. The number of aryl methyl sites for hydroxylation is 2. The molecule has 0 radical (unpaired) electrons. The van der Waals surface area contributed by atoms with E-state index in [2.05, 4.69) is 32.4 Å². The first-order valence-corrected chi connectivity index (χ1v) is 8.10. The van der Waals surface area contributed by atoms with Crippen LogP contribution in [0, 0.1) is 13.8 Å². The van der Waals surface area contributed by atoms with Crippen molar-refractivity contribution in [1.29, 1.82) is 0 Å². The Labute approximate surface area is 136 Å². The molecule has 1 aliphatic rings. The number of hydrogen-bond acceptors (Lipinski definition) is 6. The highest BCUT2D eigenvalue weighted by Gasteiger charge is 2.20. The predicted molar refractivity (Wildman–Crippen MR) is 89.5 cm³/mol. The number of hydrogen-bond donors (Lipinski definition) is 3. The molecule has 0 saturated carbocycles. The Balaban J connectivity index is 1.55. The summed E-state index contributed by atoms with van der Waals surface area (Å²) in [7, 11) is 0. The Morgan fingerprint density at radius 2 is 2.26 bits per heavy atom. The van der Waals surface area contributed by atoms with E-state index < -0.39 is 0 Å². The predicted octanol–water partition coefficient (Wildman–Crippen LogP) is 1.95. The van der Waals surface area contributed by atoms with Gasteiger partial charge in [0.05, 0.1) is 18.0 Å². The number of nitrogens with zero attached hydrogens (tertiary/aromatic N) is 3. The molecule has 0 amide bonds. The number of aromatic nitrogens is 4. The molecule has 3 heterocycles. The van der Waals surface area contributed by atoms with Gasteiger partial charge in [-0.05, 0) is 38.7 Å². The van der Waals surface area contributed by atoms with Crippen LogP contribution in [0.3, 0.4) is 0 Å². The summed E-state index contributed by atoms with van der Waals surface area (Å²) >= 11 is 0. The summed E-state index contributed by atoms with van der Waals surface area (Å²) < 4.78 is 5.42. The Hall–Kier alpha value is -2.15. The second-order valence-corrected chi connectivity index (χ2v) is 6.04. The van der Waals surface area contributed by atoms with Gasteiger partial charge in [-0.3, -0.25) is 5.10 Å². The normalized spacial score (nSPS) is 17.6. The number of nitrogen functional groups attached to an aromatic ring is 1. The molecule has 0 unspecified atom stereocenters. The molecule has 7 nitrogen and oxygen atoms in total. The molecule has 1 saturated heterocycles. The molecule has 1 atom stereocenters. The van der Waals surface area contributed by atoms with E-state index in [-0.39, 0.29) is 0 Å². The van der Waals surface area contributed by atoms with Crippen molar-refractivity contribution in [1.82, 2.24) is 20.2 Å². The first-order chi connectivity index (χ1) is 11.1. The average Bonchev–Trinajstić information content (AvgIpc) is 3.15. The van der Waals surface area contributed by atoms with Crippen LogP contribution in [0.5, 0.6) is 0 Å². The van der Waals surface area contributed by atoms with Gasteiger partial charge >= 0.3 is 0 Å². The van der Waals surface area contributed by atoms with E-state index in [0.717, 1.165) is 61.9 Å². The fourth-order valence-electron chi connectivity index (χ4n) is 2.98. The Morgan fingerprint density at radius 1 is 1.39 bits per heavy atom. The van der Waals surface area contributed by atoms with Gasteiger partial charge in [0.15, 0.2) is 0 Å². The highest BCUT2D eigenvalue weighted by Crippen LogP contribution is 2.25. The van der Waals surface area contributed by atoms with Gasteiger partial charge in [0.2, 0.25) is 5.95 Å². The maximum Gasteiger partial charge on any atom is 0.222 e. The van der Waals surface area contributed by atoms with Crippen molar-refractivity contribution in [3.8, 4) is 0 Å². The van der Waals surface area contributed by atoms with Gasteiger partial charge < -0.3 is 15.8 Å². The summed E-state index contributed by atoms with van der Waals surface area (Å²) in [5.41, 5.74) is 10.3. The number of ether oxygens (including phenoxy) is 1. The molecule has 3 rings (SSSR count). The maximum atomic E-state index is 5.83. The van der Waals surface area contributed by atoms with Gasteiger partial charge in [0.25, 0.3) is 0 Å². The lowest BCUT2D eigenvalue weighted by Gasteiger charge is -2.11. The Bertz CT molecular complexity index is 643. The minimum absolute atomic E-state index is 0.318. The highest BCUT2D eigenvalue weighted by molar-refractivity contribution is 5.41. The van der Waals surface area contributed by atoms with Crippen molar-refractivity contribution in [2.24, 2.45) is 0 Å². The minimum atomic E-state index is 0.318. The fourth-order valence-corrected chi connectivity index (χ4v) is 2.98. The largest absolute Gasteiger partial charge is 0.381 e. The van der Waals surface area contributed by atoms with E-state index in [1.165, 1.54) is 5.56 Å². The quantitative estimate of drug-likeness (QED) is 0.704. The van der Waals surface area contributed by atoms with E-state index in [1.54, 1.807) is 0 Å². The molecule has 0 bridgehead atoms. The van der Waals surface area contributed by atoms with E-state index >= 15 is 0 Å². The molecule has 2 aromatic heterocycles. The number of anilines is 2. The number of H-pyrrole nitrogens is 1. The van der Waals surface area contributed by atoms with Gasteiger partial charge in [0, 0.05) is 30.8 Å². The molecule has 0 spiro atoms. The van der Waals surface area contributed by atoms with Crippen molar-refractivity contribution >= 4 is 11.8 Å². The molecule has 2 aromatic rings. The highest BCUT2D eigenvalue weighted by atomic mass is 16.5. The van der Waals surface area contributed by atoms with Gasteiger partial charge in [-0.15, -0.1) is 0 Å². The van der Waals surface area contributed by atoms with Crippen molar-refractivity contribution in [3.05, 3.63) is 28.7 Å². The van der Waals surface area contributed by atoms with Gasteiger partial charge in [-0.2, -0.15) is 10.1 Å². The summed E-state index contributed by atoms with van der Waals surface area (Å²) in [5.74, 6) is 1.44. The van der Waals surface area contributed by atoms with Gasteiger partial charge in [0.1, 0.15) is 5.82 Å². The summed E-state index contributed by atoms with van der Waals surface area (Å²) in [6.07, 6.45) is 2.99. The third-order valence-electron chi connectivity index (χ3n) is 4.30. The van der Waals surface area contributed by atoms with Crippen LogP contribution in [0.2, 0.25) is 0 Å². The third-order valence-corrected chi connectivity index (χ3v) is 4.30. The standard InChI is InChI=1S/C16H24N6O/c1-10-13(11(2)22-21-10)4-3-6-18-15-8-14(19-16(17)20-15)12-5-7-23-9-12/h8,12H,3-7,9H2,1-2H3,(H,21,22)(H3,17,18,19,20)/t12-/m0/s1. The summed E-state index contributed by atoms with van der Waals surface area (Å²) in [4.78, 5) is 8.61. The number of rotatable bonds is 6. The lowest BCUT2D eigenvalue weighted by molar-refractivity contribution is 0.193. The van der Waals surface area contributed by atoms with Crippen LogP contribution in [-0.4, -0.2) is 39.9 Å². The lowest BCUT2D eigenvalue weighted by Crippen LogP contribution is -2.10. The summed E-state index contributed by atoms with van der Waals surface area (Å²) in [6, 6.07) is 1.99. The third kappa shape index (κ3) is 3.79. The van der Waals surface area contributed by atoms with Crippen LogP contribution in [-0.2, 0) is 11.2 Å². The number of aromatic amines is 1. The maximum absolute atomic E-state index is 5.83. The molecule has 1 fully saturated rings. The molecular weight excluding hydrogens is 292 g/mol. The van der Waals surface area contributed by atoms with Gasteiger partial charge in [-0.25, -0.2) is 4.98 Å². The van der Waals surface area contributed by atoms with Gasteiger partial charge in [-0.1, -0.05) is 0 Å². The summed E-state index contributed by atoms with van der Waals surface area (Å²) in [5, 5.41) is 10.6. The molecule has 4 N–H and O–H groups in total. The molecular formula is C16H24N6O. The molecule has 0 aliphatic carbocycles. The van der Waals surface area contributed by atoms with Crippen LogP contribution in [0.15, 0.2) is 6.07 Å². The van der Waals surface area contributed by atoms with Crippen LogP contribution >= 0.6 is 0 Å². The van der Waals surface area contributed by atoms with Crippen LogP contribution in [0.25, 0.3) is 0 Å². The second-order valence-electron chi connectivity index (χ2n) is 6.04. The Morgan fingerprint density at radius 3 is 2.96 bits per heavy atom. The van der Waals surface area contributed by atoms with E-state index in [4.69, 9.17) is 10.5 Å². The van der Waals surface area contributed by atoms with E-state index in [1.807, 2.05) is 13.0 Å². The number of nitrogens with one attached hydrogen (secondary N) is 2. The average molecular weight is 316 g/mol. The van der Waals surface area contributed by atoms with Crippen LogP contribution in [0.1, 0.15) is 41.4 Å². The van der Waals surface area contributed by atoms with Crippen LogP contribution < -0.4 is 11.1 Å². The molecule has 124 valence electrons. The topological polar surface area (TPSA) is 102 Å². The monoisotopic (exact) mass is 316 g/mol. The molecule has 1 aliphatic heterocycles. The zero-order chi connectivity index (χ0) is 16.2. The molecule has 0 aromatic carbocycles. The van der Waals surface area contributed by atoms with Crippen LogP contribution in [0.4, 0.5) is 11.8 Å². The second kappa shape index (κ2) is 6.95. The Kier molecular flexibility index (Phi) is 4.76. The van der Waals surface area contributed by atoms with E-state index in [9.17, 15) is 0 Å². The zero-order valence-corrected chi connectivity index (χ0v) is 13.7. The smallest absolute Gasteiger partial charge is 0.222 e. The minimum Gasteiger partial charge on any atom is -0.381 e. The van der Waals surface area contributed by atoms with E-state index in [0.29, 0.717) is 11.9 Å². The SMILES string of the molecule is Cc1n[nH]c(C)c1CCCNc1cc([C@H]2CCOC2)nc(N)n1. The number of nitrogens with two attached hydrogens (primary N) is 1. The van der Waals surface area contributed by atoms with Crippen molar-refractivity contribution in [2.45, 2.75) is 39.0 Å². The molecule has 23 heavy (non-hydrogen) atoms. The molecule has 7 heteroatoms. The van der Waals surface area contributed by atoms with Crippen molar-refractivity contribution in [2.75, 3.05) is 30.8 Å². The first kappa shape index (κ1) is 15.7. The first-order valence-electron chi connectivity index (χ1n) is 8.10. The summed E-state index contributed by atoms with van der Waals surface area (Å²) in [6.45, 7) is 6.44. The van der Waals surface area contributed by atoms with Crippen molar-refractivity contribution < 1.29 is 4.74 Å². The lowest BCUT2D eigenvalue weighted by atomic mass is 10.0. The van der Waals surface area contributed by atoms with Crippen molar-refractivity contribution in [3.63, 3.8) is 0 Å². The zero-order valence-electron chi connectivity index (χ0n) is 13.7.